The first-order valence-corrected chi connectivity index (χ1v) is 11.7. The lowest BCUT2D eigenvalue weighted by Gasteiger charge is -2.36. The number of hydrogen-bond acceptors (Lipinski definition) is 7. The summed E-state index contributed by atoms with van der Waals surface area (Å²) in [5.74, 6) is 1.74. The van der Waals surface area contributed by atoms with Crippen molar-refractivity contribution in [1.29, 1.82) is 0 Å². The first-order chi connectivity index (χ1) is 12.7. The van der Waals surface area contributed by atoms with Crippen molar-refractivity contribution in [3.8, 4) is 0 Å². The maximum absolute atomic E-state index is 6.29. The average Bonchev–Trinajstić information content (AvgIpc) is 3.59. The van der Waals surface area contributed by atoms with Crippen LogP contribution < -0.4 is 0 Å². The second kappa shape index (κ2) is 8.12. The molecule has 2 bridgehead atoms. The average molecular weight is 389 g/mol. The van der Waals surface area contributed by atoms with Crippen LogP contribution in [-0.2, 0) is 32.2 Å². The van der Waals surface area contributed by atoms with Gasteiger partial charge in [0, 0.05) is 27.4 Å². The van der Waals surface area contributed by atoms with Gasteiger partial charge in [0.15, 0.2) is 0 Å². The summed E-state index contributed by atoms with van der Waals surface area (Å²) in [4.78, 5) is 0. The summed E-state index contributed by atoms with van der Waals surface area (Å²) >= 11 is 0. The van der Waals surface area contributed by atoms with E-state index in [-0.39, 0.29) is 18.3 Å². The summed E-state index contributed by atoms with van der Waals surface area (Å²) in [6.07, 6.45) is 4.41. The van der Waals surface area contributed by atoms with Gasteiger partial charge in [-0.25, -0.2) is 0 Å². The van der Waals surface area contributed by atoms with Crippen molar-refractivity contribution in [3.63, 3.8) is 0 Å². The Kier molecular flexibility index (Phi) is 6.02. The minimum Gasteiger partial charge on any atom is -0.377 e. The van der Waals surface area contributed by atoms with Crippen LogP contribution in [-0.4, -0.2) is 81.0 Å². The van der Waals surface area contributed by atoms with Crippen LogP contribution in [0.2, 0.25) is 6.04 Å². The van der Waals surface area contributed by atoms with Crippen molar-refractivity contribution in [1.82, 2.24) is 0 Å². The molecule has 2 saturated heterocycles. The molecule has 0 amide bonds. The Morgan fingerprint density at radius 2 is 1.42 bits per heavy atom. The highest BCUT2D eigenvalue weighted by Gasteiger charge is 2.55. The molecule has 0 N–H and O–H groups in total. The molecule has 150 valence electrons. The fourth-order valence-electron chi connectivity index (χ4n) is 4.85. The molecule has 0 aromatic rings. The molecule has 7 atom stereocenters. The molecule has 2 aliphatic heterocycles. The topological polar surface area (TPSA) is 71.2 Å². The van der Waals surface area contributed by atoms with Gasteiger partial charge in [0.05, 0.1) is 38.6 Å². The van der Waals surface area contributed by atoms with E-state index in [1.807, 2.05) is 0 Å². The van der Waals surface area contributed by atoms with Crippen LogP contribution in [0.4, 0.5) is 0 Å². The van der Waals surface area contributed by atoms with Crippen LogP contribution in [0.15, 0.2) is 0 Å². The monoisotopic (exact) mass is 388 g/mol. The van der Waals surface area contributed by atoms with E-state index in [9.17, 15) is 0 Å². The Morgan fingerprint density at radius 1 is 0.846 bits per heavy atom. The highest BCUT2D eigenvalue weighted by molar-refractivity contribution is 6.60. The van der Waals surface area contributed by atoms with Gasteiger partial charge in [0.25, 0.3) is 0 Å². The van der Waals surface area contributed by atoms with Crippen LogP contribution >= 0.6 is 0 Å². The molecule has 7 unspecified atom stereocenters. The van der Waals surface area contributed by atoms with E-state index in [0.717, 1.165) is 25.7 Å². The zero-order valence-electron chi connectivity index (χ0n) is 16.1. The molecule has 2 heterocycles. The Balaban J connectivity index is 1.34. The van der Waals surface area contributed by atoms with Crippen molar-refractivity contribution in [3.05, 3.63) is 0 Å². The number of fused-ring (bicyclic) bond motifs is 2. The lowest BCUT2D eigenvalue weighted by Crippen LogP contribution is -2.45. The maximum atomic E-state index is 6.29. The summed E-state index contributed by atoms with van der Waals surface area (Å²) in [7, 11) is 2.55. The summed E-state index contributed by atoms with van der Waals surface area (Å²) in [5, 5.41) is 0. The summed E-state index contributed by atoms with van der Waals surface area (Å²) in [6, 6.07) is 0.851. The van der Waals surface area contributed by atoms with E-state index in [1.165, 1.54) is 12.8 Å². The summed E-state index contributed by atoms with van der Waals surface area (Å²) < 4.78 is 39.9. The van der Waals surface area contributed by atoms with E-state index < -0.39 is 8.80 Å². The SMILES string of the molecule is CO[Si](CCC1CC2CC1C(OCC1CO1)C2OCC1CO1)(OC)OC. The third-order valence-corrected chi connectivity index (χ3v) is 9.27. The smallest absolute Gasteiger partial charge is 0.377 e. The number of ether oxygens (including phenoxy) is 4. The zero-order valence-corrected chi connectivity index (χ0v) is 17.1. The first-order valence-electron chi connectivity index (χ1n) is 9.80. The van der Waals surface area contributed by atoms with E-state index in [0.29, 0.717) is 37.1 Å². The molecule has 26 heavy (non-hydrogen) atoms. The quantitative estimate of drug-likeness (QED) is 0.370. The molecule has 7 nitrogen and oxygen atoms in total. The third kappa shape index (κ3) is 4.17. The lowest BCUT2D eigenvalue weighted by molar-refractivity contribution is -0.113. The standard InChI is InChI=1S/C18H32O7Si/c1-19-26(20-2,21-3)5-4-12-6-13-7-16(12)18(25-11-15-9-23-15)17(13)24-10-14-8-22-14/h12-18H,4-11H2,1-3H3. The molecule has 0 aromatic carbocycles. The fourth-order valence-corrected chi connectivity index (χ4v) is 6.69. The molecule has 0 spiro atoms. The lowest BCUT2D eigenvalue weighted by atomic mass is 9.83. The van der Waals surface area contributed by atoms with Crippen molar-refractivity contribution < 1.29 is 32.2 Å². The van der Waals surface area contributed by atoms with Gasteiger partial charge in [-0.15, -0.1) is 0 Å². The van der Waals surface area contributed by atoms with Crippen molar-refractivity contribution in [2.75, 3.05) is 47.8 Å². The second-order valence-electron chi connectivity index (χ2n) is 8.00. The highest BCUT2D eigenvalue weighted by Crippen LogP contribution is 2.53. The molecular formula is C18H32O7Si. The summed E-state index contributed by atoms with van der Waals surface area (Å²) in [6.45, 7) is 3.05. The van der Waals surface area contributed by atoms with Gasteiger partial charge in [-0.3, -0.25) is 0 Å². The Hall–Kier alpha value is -0.0631. The predicted molar refractivity (Wildman–Crippen MR) is 94.9 cm³/mol. The van der Waals surface area contributed by atoms with Crippen LogP contribution in [0.1, 0.15) is 19.3 Å². The van der Waals surface area contributed by atoms with E-state index in [2.05, 4.69) is 0 Å². The number of epoxide rings is 2. The number of hydrogen-bond donors (Lipinski definition) is 0. The van der Waals surface area contributed by atoms with Gasteiger partial charge in [0.2, 0.25) is 0 Å². The minimum absolute atomic E-state index is 0.172. The molecular weight excluding hydrogens is 356 g/mol. The molecule has 4 rings (SSSR count). The molecule has 2 saturated carbocycles. The Morgan fingerprint density at radius 3 is 1.96 bits per heavy atom. The molecule has 4 fully saturated rings. The molecule has 2 aliphatic carbocycles. The summed E-state index contributed by atoms with van der Waals surface area (Å²) in [5.41, 5.74) is 0. The second-order valence-corrected chi connectivity index (χ2v) is 11.1. The van der Waals surface area contributed by atoms with Crippen LogP contribution in [0, 0.1) is 17.8 Å². The van der Waals surface area contributed by atoms with Crippen LogP contribution in [0.3, 0.4) is 0 Å². The molecule has 4 aliphatic rings. The normalized spacial score (nSPS) is 41.0. The molecule has 8 heteroatoms. The van der Waals surface area contributed by atoms with Gasteiger partial charge in [-0.1, -0.05) is 0 Å². The van der Waals surface area contributed by atoms with Crippen LogP contribution in [0.25, 0.3) is 0 Å². The largest absolute Gasteiger partial charge is 0.500 e. The molecule has 0 radical (unpaired) electrons. The number of rotatable bonds is 12. The van der Waals surface area contributed by atoms with Gasteiger partial charge in [0.1, 0.15) is 12.2 Å². The minimum atomic E-state index is -2.51. The van der Waals surface area contributed by atoms with Gasteiger partial charge >= 0.3 is 8.80 Å². The Bertz CT molecular complexity index is 458. The van der Waals surface area contributed by atoms with Gasteiger partial charge in [-0.2, -0.15) is 0 Å². The third-order valence-electron chi connectivity index (χ3n) is 6.50. The first kappa shape index (κ1) is 19.3. The van der Waals surface area contributed by atoms with Gasteiger partial charge < -0.3 is 32.2 Å². The zero-order chi connectivity index (χ0) is 18.1. The van der Waals surface area contributed by atoms with E-state index in [4.69, 9.17) is 32.2 Å². The van der Waals surface area contributed by atoms with Crippen molar-refractivity contribution >= 4 is 8.80 Å². The van der Waals surface area contributed by atoms with E-state index in [1.54, 1.807) is 21.3 Å². The van der Waals surface area contributed by atoms with Gasteiger partial charge in [-0.05, 0) is 37.0 Å². The Labute approximate surface area is 156 Å². The van der Waals surface area contributed by atoms with Crippen molar-refractivity contribution in [2.45, 2.75) is 49.7 Å². The molecule has 0 aromatic heterocycles. The van der Waals surface area contributed by atoms with E-state index >= 15 is 0 Å². The maximum Gasteiger partial charge on any atom is 0.500 e. The van der Waals surface area contributed by atoms with Crippen LogP contribution in [0.5, 0.6) is 0 Å². The highest BCUT2D eigenvalue weighted by atomic mass is 28.4. The van der Waals surface area contributed by atoms with Crippen molar-refractivity contribution in [2.24, 2.45) is 17.8 Å². The fraction of sp³-hybridized carbons (Fsp3) is 1.00. The predicted octanol–water partition coefficient (Wildman–Crippen LogP) is 1.48.